The summed E-state index contributed by atoms with van der Waals surface area (Å²) in [6.07, 6.45) is 11.9. The van der Waals surface area contributed by atoms with Crippen molar-refractivity contribution in [2.24, 2.45) is 0 Å². The monoisotopic (exact) mass is 470 g/mol. The van der Waals surface area contributed by atoms with Crippen LogP contribution in [0.3, 0.4) is 0 Å². The Bertz CT molecular complexity index is 1160. The molecule has 2 N–H and O–H groups in total. The summed E-state index contributed by atoms with van der Waals surface area (Å²) in [5, 5.41) is 2.50. The molecule has 0 bridgehead atoms. The minimum atomic E-state index is -3.34. The fourth-order valence-electron chi connectivity index (χ4n) is 4.98. The molecule has 1 saturated heterocycles. The van der Waals surface area contributed by atoms with Crippen LogP contribution >= 0.6 is 0 Å². The summed E-state index contributed by atoms with van der Waals surface area (Å²) in [7, 11) is -3.34. The Morgan fingerprint density at radius 1 is 1.18 bits per heavy atom. The molecule has 0 unspecified atom stereocenters. The first kappa shape index (κ1) is 22.1. The molecule has 33 heavy (non-hydrogen) atoms. The lowest BCUT2D eigenvalue weighted by Gasteiger charge is -2.56. The molecular formula is C23H30N6O3S. The number of pyridine rings is 1. The molecule has 0 radical (unpaired) electrons. The molecule has 3 heterocycles. The molecule has 3 aliphatic rings. The molecule has 3 fully saturated rings. The quantitative estimate of drug-likeness (QED) is 0.639. The fourth-order valence-corrected chi connectivity index (χ4v) is 6.35. The summed E-state index contributed by atoms with van der Waals surface area (Å²) < 4.78 is 26.9. The number of nitrogens with zero attached hydrogens (tertiary/aromatic N) is 4. The van der Waals surface area contributed by atoms with Gasteiger partial charge in [0.25, 0.3) is 5.91 Å². The molecule has 2 aromatic rings. The summed E-state index contributed by atoms with van der Waals surface area (Å²) >= 11 is 0. The average Bonchev–Trinajstić information content (AvgIpc) is 3.65. The molecule has 1 amide bonds. The zero-order chi connectivity index (χ0) is 23.1. The van der Waals surface area contributed by atoms with Gasteiger partial charge in [0.1, 0.15) is 5.69 Å². The van der Waals surface area contributed by atoms with Gasteiger partial charge in [-0.05, 0) is 51.2 Å². The van der Waals surface area contributed by atoms with Gasteiger partial charge in [-0.2, -0.15) is 0 Å². The number of carbonyl (C=O) groups excluding carboxylic acids is 1. The van der Waals surface area contributed by atoms with Crippen LogP contribution in [0.2, 0.25) is 0 Å². The largest absolute Gasteiger partial charge is 0.349 e. The normalized spacial score (nSPS) is 19.7. The van der Waals surface area contributed by atoms with Crippen LogP contribution in [0.1, 0.15) is 73.2 Å². The first-order chi connectivity index (χ1) is 15.9. The van der Waals surface area contributed by atoms with E-state index in [1.54, 1.807) is 18.3 Å². The summed E-state index contributed by atoms with van der Waals surface area (Å²) in [5.74, 6) is 0.552. The highest BCUT2D eigenvalue weighted by atomic mass is 32.2. The molecule has 10 heteroatoms. The number of rotatable bonds is 7. The SMILES string of the molecule is Cc1nc(C(=O)NCc2cc(NS(=O)(=O)C3CC3)ccn2)cnc1N1CCC12CCCCC2. The zero-order valence-electron chi connectivity index (χ0n) is 18.9. The third-order valence-corrected chi connectivity index (χ3v) is 8.91. The third-order valence-electron chi connectivity index (χ3n) is 7.04. The molecule has 0 atom stereocenters. The van der Waals surface area contributed by atoms with Crippen LogP contribution in [0.5, 0.6) is 0 Å². The first-order valence-corrected chi connectivity index (χ1v) is 13.3. The Labute approximate surface area is 194 Å². The summed E-state index contributed by atoms with van der Waals surface area (Å²) in [4.78, 5) is 28.4. The maximum Gasteiger partial charge on any atom is 0.271 e. The number of aryl methyl sites for hydroxylation is 1. The van der Waals surface area contributed by atoms with Gasteiger partial charge >= 0.3 is 0 Å². The van der Waals surface area contributed by atoms with E-state index in [-0.39, 0.29) is 28.9 Å². The highest BCUT2D eigenvalue weighted by Gasteiger charge is 2.46. The van der Waals surface area contributed by atoms with Crippen LogP contribution in [-0.2, 0) is 16.6 Å². The minimum Gasteiger partial charge on any atom is -0.349 e. The van der Waals surface area contributed by atoms with E-state index in [2.05, 4.69) is 29.9 Å². The van der Waals surface area contributed by atoms with Crippen LogP contribution in [-0.4, -0.2) is 46.6 Å². The van der Waals surface area contributed by atoms with Gasteiger partial charge in [-0.1, -0.05) is 19.3 Å². The average molecular weight is 471 g/mol. The minimum absolute atomic E-state index is 0.162. The van der Waals surface area contributed by atoms with Crippen LogP contribution in [0.4, 0.5) is 11.5 Å². The van der Waals surface area contributed by atoms with Crippen molar-refractivity contribution in [3.05, 3.63) is 41.6 Å². The van der Waals surface area contributed by atoms with Gasteiger partial charge in [0.2, 0.25) is 10.0 Å². The number of hydrogen-bond acceptors (Lipinski definition) is 7. The maximum atomic E-state index is 12.7. The lowest BCUT2D eigenvalue weighted by molar-refractivity contribution is 0.0944. The van der Waals surface area contributed by atoms with Crippen LogP contribution in [0, 0.1) is 6.92 Å². The Kier molecular flexibility index (Phi) is 5.72. The lowest BCUT2D eigenvalue weighted by atomic mass is 9.72. The molecule has 2 aromatic heterocycles. The van der Waals surface area contributed by atoms with Crippen LogP contribution in [0.25, 0.3) is 0 Å². The van der Waals surface area contributed by atoms with Gasteiger partial charge in [0.15, 0.2) is 5.82 Å². The smallest absolute Gasteiger partial charge is 0.271 e. The second-order valence-electron chi connectivity index (χ2n) is 9.42. The van der Waals surface area contributed by atoms with Crippen molar-refractivity contribution < 1.29 is 13.2 Å². The Hall–Kier alpha value is -2.75. The van der Waals surface area contributed by atoms with Gasteiger partial charge in [-0.15, -0.1) is 0 Å². The first-order valence-electron chi connectivity index (χ1n) is 11.7. The van der Waals surface area contributed by atoms with E-state index >= 15 is 0 Å². The molecular weight excluding hydrogens is 440 g/mol. The van der Waals surface area contributed by atoms with Gasteiger partial charge < -0.3 is 10.2 Å². The number of amides is 1. The molecule has 5 rings (SSSR count). The summed E-state index contributed by atoms with van der Waals surface area (Å²) in [6.45, 7) is 3.06. The van der Waals surface area contributed by atoms with E-state index in [0.717, 1.165) is 18.1 Å². The molecule has 2 saturated carbocycles. The fraction of sp³-hybridized carbons (Fsp3) is 0.565. The standard InChI is InChI=1S/C23H30N6O3S/c1-16-21(29-12-10-23(29)8-3-2-4-9-23)25-15-20(27-16)22(30)26-14-18-13-17(7-11-24-18)28-33(31,32)19-5-6-19/h7,11,13,15,19H,2-6,8-10,12,14H2,1H3,(H,24,28)(H,26,30). The Morgan fingerprint density at radius 3 is 2.64 bits per heavy atom. The lowest BCUT2D eigenvalue weighted by Crippen LogP contribution is -2.61. The number of hydrogen-bond donors (Lipinski definition) is 2. The third kappa shape index (κ3) is 4.53. The second kappa shape index (κ2) is 8.55. The van der Waals surface area contributed by atoms with E-state index in [0.29, 0.717) is 24.2 Å². The number of anilines is 2. The molecule has 9 nitrogen and oxygen atoms in total. The van der Waals surface area contributed by atoms with Crippen molar-refractivity contribution in [1.82, 2.24) is 20.3 Å². The van der Waals surface area contributed by atoms with E-state index < -0.39 is 10.0 Å². The Morgan fingerprint density at radius 2 is 1.97 bits per heavy atom. The van der Waals surface area contributed by atoms with Crippen molar-refractivity contribution in [2.45, 2.75) is 75.6 Å². The molecule has 2 aliphatic carbocycles. The van der Waals surface area contributed by atoms with E-state index in [9.17, 15) is 13.2 Å². The van der Waals surface area contributed by atoms with E-state index in [1.165, 1.54) is 44.7 Å². The molecule has 176 valence electrons. The maximum absolute atomic E-state index is 12.7. The summed E-state index contributed by atoms with van der Waals surface area (Å²) in [6, 6.07) is 3.24. The highest BCUT2D eigenvalue weighted by Crippen LogP contribution is 2.45. The predicted octanol–water partition coefficient (Wildman–Crippen LogP) is 2.93. The molecule has 1 spiro atoms. The predicted molar refractivity (Wildman–Crippen MR) is 126 cm³/mol. The second-order valence-corrected chi connectivity index (χ2v) is 11.4. The molecule has 1 aliphatic heterocycles. The number of nitrogens with one attached hydrogen (secondary N) is 2. The van der Waals surface area contributed by atoms with E-state index in [4.69, 9.17) is 0 Å². The van der Waals surface area contributed by atoms with E-state index in [1.807, 2.05) is 6.92 Å². The van der Waals surface area contributed by atoms with Crippen molar-refractivity contribution >= 4 is 27.4 Å². The van der Waals surface area contributed by atoms with Crippen molar-refractivity contribution in [3.8, 4) is 0 Å². The summed E-state index contributed by atoms with van der Waals surface area (Å²) in [5.41, 5.74) is 2.27. The van der Waals surface area contributed by atoms with Gasteiger partial charge in [-0.25, -0.2) is 18.4 Å². The number of carbonyl (C=O) groups is 1. The number of aromatic nitrogens is 3. The van der Waals surface area contributed by atoms with Gasteiger partial charge in [0.05, 0.1) is 35.1 Å². The molecule has 0 aromatic carbocycles. The van der Waals surface area contributed by atoms with Crippen molar-refractivity contribution in [2.75, 3.05) is 16.2 Å². The van der Waals surface area contributed by atoms with Gasteiger partial charge in [0, 0.05) is 18.3 Å². The topological polar surface area (TPSA) is 117 Å². The van der Waals surface area contributed by atoms with Crippen LogP contribution in [0.15, 0.2) is 24.5 Å². The van der Waals surface area contributed by atoms with Crippen molar-refractivity contribution in [3.63, 3.8) is 0 Å². The van der Waals surface area contributed by atoms with Gasteiger partial charge in [-0.3, -0.25) is 14.5 Å². The number of sulfonamides is 1. The van der Waals surface area contributed by atoms with Crippen molar-refractivity contribution in [1.29, 1.82) is 0 Å². The highest BCUT2D eigenvalue weighted by molar-refractivity contribution is 7.93. The Balaban J connectivity index is 1.22. The van der Waals surface area contributed by atoms with Crippen LogP contribution < -0.4 is 14.9 Å². The zero-order valence-corrected chi connectivity index (χ0v) is 19.7.